The molecule has 0 aliphatic rings. The van der Waals surface area contributed by atoms with Crippen molar-refractivity contribution in [1.29, 1.82) is 0 Å². The number of hydrogen-bond acceptors (Lipinski definition) is 5. The van der Waals surface area contributed by atoms with Crippen molar-refractivity contribution in [2.75, 3.05) is 7.11 Å². The number of aromatic nitrogens is 2. The Labute approximate surface area is 108 Å². The predicted molar refractivity (Wildman–Crippen MR) is 69.6 cm³/mol. The molecule has 0 N–H and O–H groups in total. The molecule has 0 saturated heterocycles. The minimum Gasteiger partial charge on any atom is -0.497 e. The van der Waals surface area contributed by atoms with Crippen LogP contribution in [0.4, 0.5) is 0 Å². The van der Waals surface area contributed by atoms with E-state index < -0.39 is 0 Å². The van der Waals surface area contributed by atoms with Crippen molar-refractivity contribution in [1.82, 2.24) is 10.1 Å². The highest BCUT2D eigenvalue weighted by molar-refractivity contribution is 7.13. The van der Waals surface area contributed by atoms with Gasteiger partial charge < -0.3 is 9.26 Å². The molecule has 0 aliphatic carbocycles. The number of ether oxygens (including phenoxy) is 1. The molecule has 3 rings (SSSR count). The first-order chi connectivity index (χ1) is 8.86. The average Bonchev–Trinajstić information content (AvgIpc) is 3.09. The Morgan fingerprint density at radius 1 is 1.22 bits per heavy atom. The Morgan fingerprint density at radius 2 is 2.06 bits per heavy atom. The van der Waals surface area contributed by atoms with Gasteiger partial charge in [-0.05, 0) is 24.3 Å². The van der Waals surface area contributed by atoms with Crippen molar-refractivity contribution in [2.24, 2.45) is 0 Å². The molecule has 0 radical (unpaired) electrons. The van der Waals surface area contributed by atoms with E-state index in [2.05, 4.69) is 10.1 Å². The van der Waals surface area contributed by atoms with Crippen LogP contribution in [-0.4, -0.2) is 17.3 Å². The van der Waals surface area contributed by atoms with E-state index in [1.807, 2.05) is 35.7 Å². The summed E-state index contributed by atoms with van der Waals surface area (Å²) in [7, 11) is 1.64. The highest BCUT2D eigenvalue weighted by Crippen LogP contribution is 2.27. The summed E-state index contributed by atoms with van der Waals surface area (Å²) in [5, 5.41) is 6.79. The molecule has 1 aromatic carbocycles. The summed E-state index contributed by atoms with van der Waals surface area (Å²) >= 11 is 1.53. The first kappa shape index (κ1) is 11.0. The standard InChI is InChI=1S/C13H10N2O2S/c1-16-10-4-2-9(3-5-10)11-8-12(17-15-11)13-14-6-7-18-13/h2-8H,1H3. The van der Waals surface area contributed by atoms with Gasteiger partial charge in [-0.25, -0.2) is 4.98 Å². The lowest BCUT2D eigenvalue weighted by Gasteiger charge is -1.99. The van der Waals surface area contributed by atoms with E-state index in [4.69, 9.17) is 9.26 Å². The van der Waals surface area contributed by atoms with Crippen molar-refractivity contribution in [3.05, 3.63) is 41.9 Å². The van der Waals surface area contributed by atoms with Crippen molar-refractivity contribution in [2.45, 2.75) is 0 Å². The Morgan fingerprint density at radius 3 is 2.72 bits per heavy atom. The maximum absolute atomic E-state index is 5.29. The number of rotatable bonds is 3. The summed E-state index contributed by atoms with van der Waals surface area (Å²) < 4.78 is 10.4. The number of hydrogen-bond donors (Lipinski definition) is 0. The number of nitrogens with zero attached hydrogens (tertiary/aromatic N) is 2. The molecule has 0 aliphatic heterocycles. The summed E-state index contributed by atoms with van der Waals surface area (Å²) in [4.78, 5) is 4.19. The molecule has 0 unspecified atom stereocenters. The molecule has 4 nitrogen and oxygen atoms in total. The molecular formula is C13H10N2O2S. The van der Waals surface area contributed by atoms with E-state index >= 15 is 0 Å². The van der Waals surface area contributed by atoms with Gasteiger partial charge in [0, 0.05) is 23.2 Å². The van der Waals surface area contributed by atoms with E-state index in [-0.39, 0.29) is 0 Å². The maximum Gasteiger partial charge on any atom is 0.196 e. The smallest absolute Gasteiger partial charge is 0.196 e. The van der Waals surface area contributed by atoms with Crippen LogP contribution in [0.15, 0.2) is 46.4 Å². The molecule has 2 heterocycles. The Balaban J connectivity index is 1.92. The van der Waals surface area contributed by atoms with E-state index in [0.29, 0.717) is 5.76 Å². The van der Waals surface area contributed by atoms with Gasteiger partial charge in [-0.2, -0.15) is 0 Å². The van der Waals surface area contributed by atoms with Crippen LogP contribution >= 0.6 is 11.3 Å². The van der Waals surface area contributed by atoms with Crippen molar-refractivity contribution in [3.8, 4) is 27.8 Å². The van der Waals surface area contributed by atoms with Crippen LogP contribution in [0.5, 0.6) is 5.75 Å². The lowest BCUT2D eigenvalue weighted by atomic mass is 10.1. The number of benzene rings is 1. The molecule has 0 amide bonds. The molecule has 2 aromatic heterocycles. The van der Waals surface area contributed by atoms with E-state index in [1.54, 1.807) is 13.3 Å². The summed E-state index contributed by atoms with van der Waals surface area (Å²) in [6.45, 7) is 0. The first-order valence-electron chi connectivity index (χ1n) is 5.38. The van der Waals surface area contributed by atoms with Gasteiger partial charge in [-0.3, -0.25) is 0 Å². The van der Waals surface area contributed by atoms with E-state index in [9.17, 15) is 0 Å². The molecule has 0 fully saturated rings. The fourth-order valence-corrected chi connectivity index (χ4v) is 2.20. The first-order valence-corrected chi connectivity index (χ1v) is 6.26. The van der Waals surface area contributed by atoms with Gasteiger partial charge in [0.05, 0.1) is 7.11 Å². The Hall–Kier alpha value is -2.14. The molecule has 3 aromatic rings. The van der Waals surface area contributed by atoms with E-state index in [0.717, 1.165) is 22.0 Å². The van der Waals surface area contributed by atoms with Gasteiger partial charge in [0.15, 0.2) is 10.8 Å². The monoisotopic (exact) mass is 258 g/mol. The second-order valence-electron chi connectivity index (χ2n) is 3.64. The van der Waals surface area contributed by atoms with Gasteiger partial charge in [-0.15, -0.1) is 11.3 Å². The van der Waals surface area contributed by atoms with Crippen LogP contribution < -0.4 is 4.74 Å². The minimum absolute atomic E-state index is 0.691. The Kier molecular flexibility index (Phi) is 2.82. The second-order valence-corrected chi connectivity index (χ2v) is 4.54. The second kappa shape index (κ2) is 4.62. The molecule has 0 bridgehead atoms. The summed E-state index contributed by atoms with van der Waals surface area (Å²) in [6.07, 6.45) is 1.75. The molecular weight excluding hydrogens is 248 g/mol. The summed E-state index contributed by atoms with van der Waals surface area (Å²) in [5.41, 5.74) is 1.78. The lowest BCUT2D eigenvalue weighted by Crippen LogP contribution is -1.82. The van der Waals surface area contributed by atoms with Crippen molar-refractivity contribution < 1.29 is 9.26 Å². The van der Waals surface area contributed by atoms with Crippen LogP contribution in [0.25, 0.3) is 22.0 Å². The van der Waals surface area contributed by atoms with Gasteiger partial charge in [0.2, 0.25) is 0 Å². The fraction of sp³-hybridized carbons (Fsp3) is 0.0769. The van der Waals surface area contributed by atoms with Crippen LogP contribution in [0.3, 0.4) is 0 Å². The van der Waals surface area contributed by atoms with Crippen LogP contribution in [-0.2, 0) is 0 Å². The summed E-state index contributed by atoms with van der Waals surface area (Å²) in [6, 6.07) is 9.57. The van der Waals surface area contributed by atoms with E-state index in [1.165, 1.54) is 11.3 Å². The zero-order valence-electron chi connectivity index (χ0n) is 9.66. The largest absolute Gasteiger partial charge is 0.497 e. The summed E-state index contributed by atoms with van der Waals surface area (Å²) in [5.74, 6) is 1.51. The normalized spacial score (nSPS) is 10.5. The van der Waals surface area contributed by atoms with Crippen LogP contribution in [0.1, 0.15) is 0 Å². The fourth-order valence-electron chi connectivity index (χ4n) is 1.62. The van der Waals surface area contributed by atoms with Gasteiger partial charge in [0.1, 0.15) is 11.4 Å². The van der Waals surface area contributed by atoms with Crippen molar-refractivity contribution in [3.63, 3.8) is 0 Å². The predicted octanol–water partition coefficient (Wildman–Crippen LogP) is 3.47. The molecule has 90 valence electrons. The third-order valence-electron chi connectivity index (χ3n) is 2.54. The lowest BCUT2D eigenvalue weighted by molar-refractivity contribution is 0.415. The van der Waals surface area contributed by atoms with Gasteiger partial charge in [0.25, 0.3) is 0 Å². The van der Waals surface area contributed by atoms with Gasteiger partial charge in [-0.1, -0.05) is 5.16 Å². The van der Waals surface area contributed by atoms with Gasteiger partial charge >= 0.3 is 0 Å². The molecule has 0 saturated carbocycles. The number of methoxy groups -OCH3 is 1. The highest BCUT2D eigenvalue weighted by atomic mass is 32.1. The Bertz CT molecular complexity index is 629. The van der Waals surface area contributed by atoms with Crippen molar-refractivity contribution >= 4 is 11.3 Å². The quantitative estimate of drug-likeness (QED) is 0.721. The SMILES string of the molecule is COc1ccc(-c2cc(-c3nccs3)on2)cc1. The maximum atomic E-state index is 5.29. The minimum atomic E-state index is 0.691. The molecule has 5 heteroatoms. The van der Waals surface area contributed by atoms with Crippen LogP contribution in [0.2, 0.25) is 0 Å². The molecule has 18 heavy (non-hydrogen) atoms. The third kappa shape index (κ3) is 2.00. The average molecular weight is 258 g/mol. The molecule has 0 spiro atoms. The zero-order chi connectivity index (χ0) is 12.4. The number of thiazole rings is 1. The topological polar surface area (TPSA) is 48.2 Å². The highest BCUT2D eigenvalue weighted by Gasteiger charge is 2.10. The van der Waals surface area contributed by atoms with Crippen LogP contribution in [0, 0.1) is 0 Å². The zero-order valence-corrected chi connectivity index (χ0v) is 10.5. The molecule has 0 atom stereocenters. The third-order valence-corrected chi connectivity index (χ3v) is 3.33.